The summed E-state index contributed by atoms with van der Waals surface area (Å²) in [6.07, 6.45) is 1.57. The number of rotatable bonds is 4. The summed E-state index contributed by atoms with van der Waals surface area (Å²) in [5.41, 5.74) is 2.68. The smallest absolute Gasteiger partial charge is 0.328 e. The summed E-state index contributed by atoms with van der Waals surface area (Å²) < 4.78 is -1.01. The number of fused-ring (bicyclic) bond motifs is 1. The summed E-state index contributed by atoms with van der Waals surface area (Å²) in [6.45, 7) is 4.67. The highest BCUT2D eigenvalue weighted by Crippen LogP contribution is 2.50. The maximum Gasteiger partial charge on any atom is 0.328 e. The second kappa shape index (κ2) is 6.45. The molecular weight excluding hydrogens is 374 g/mol. The summed E-state index contributed by atoms with van der Waals surface area (Å²) in [7, 11) is 0. The summed E-state index contributed by atoms with van der Waals surface area (Å²) in [6, 6.07) is 0.270. The molecule has 27 heavy (non-hydrogen) atoms. The highest BCUT2D eigenvalue weighted by atomic mass is 32.2. The first-order valence-electron chi connectivity index (χ1n) is 8.15. The van der Waals surface area contributed by atoms with Crippen molar-refractivity contribution in [1.29, 1.82) is 0 Å². The average molecular weight is 393 g/mol. The maximum absolute atomic E-state index is 12.4. The lowest BCUT2D eigenvalue weighted by Crippen LogP contribution is -2.57. The van der Waals surface area contributed by atoms with E-state index in [1.165, 1.54) is 35.9 Å². The molecule has 9 nitrogen and oxygen atoms in total. The topological polar surface area (TPSA) is 140 Å². The molecule has 0 aliphatic carbocycles. The van der Waals surface area contributed by atoms with Crippen LogP contribution < -0.4 is 5.43 Å². The van der Waals surface area contributed by atoms with Gasteiger partial charge in [-0.15, -0.1) is 11.8 Å². The predicted octanol–water partition coefficient (Wildman–Crippen LogP) is 0.947. The molecular formula is C17H19N3O6S. The van der Waals surface area contributed by atoms with Crippen molar-refractivity contribution in [3.63, 3.8) is 0 Å². The summed E-state index contributed by atoms with van der Waals surface area (Å²) in [5.74, 6) is -2.51. The molecule has 0 aromatic heterocycles. The number of phenolic OH excluding ortho intramolecular Hbond substituents is 2. The van der Waals surface area contributed by atoms with Gasteiger partial charge >= 0.3 is 5.97 Å². The number of benzene rings is 1. The van der Waals surface area contributed by atoms with Gasteiger partial charge in [0.05, 0.1) is 22.1 Å². The molecule has 2 amide bonds. The molecule has 4 N–H and O–H groups in total. The number of β-lactam (4-membered cyclic amide) rings is 1. The van der Waals surface area contributed by atoms with Crippen LogP contribution >= 0.6 is 11.8 Å². The Morgan fingerprint density at radius 3 is 2.67 bits per heavy atom. The largest absolute Gasteiger partial charge is 0.508 e. The third-order valence-electron chi connectivity index (χ3n) is 4.83. The van der Waals surface area contributed by atoms with E-state index in [9.17, 15) is 29.7 Å². The summed E-state index contributed by atoms with van der Waals surface area (Å²) in [5, 5.41) is 33.1. The molecule has 10 heteroatoms. The van der Waals surface area contributed by atoms with Gasteiger partial charge in [0.1, 0.15) is 17.5 Å². The Morgan fingerprint density at radius 1 is 1.41 bits per heavy atom. The number of hydrogen-bond acceptors (Lipinski definition) is 7. The van der Waals surface area contributed by atoms with Crippen LogP contribution in [0, 0.1) is 13.8 Å². The standard InChI is InChI=1S/C17H19N3O6S/c1-7-4-9(21)8(2)12(13(7)23)15(24)19-18-6-17(3)14(16(25)26)20-10(22)5-11(20)27-17/h4,6,11,14,21,23H,5H2,1-3H3,(H,19,24)(H,25,26)/b18-6+/t11-,14+,17+/m1/s1. The quantitative estimate of drug-likeness (QED) is 0.258. The van der Waals surface area contributed by atoms with Crippen molar-refractivity contribution in [2.24, 2.45) is 5.10 Å². The number of carboxylic acids is 1. The van der Waals surface area contributed by atoms with Crippen molar-refractivity contribution in [1.82, 2.24) is 10.3 Å². The number of amides is 2. The van der Waals surface area contributed by atoms with E-state index in [0.717, 1.165) is 0 Å². The van der Waals surface area contributed by atoms with Crippen LogP contribution in [0.3, 0.4) is 0 Å². The first-order valence-corrected chi connectivity index (χ1v) is 9.03. The Labute approximate surface area is 159 Å². The molecule has 3 atom stereocenters. The van der Waals surface area contributed by atoms with E-state index in [2.05, 4.69) is 10.5 Å². The first kappa shape index (κ1) is 19.0. The van der Waals surface area contributed by atoms with Gasteiger partial charge in [-0.2, -0.15) is 5.10 Å². The van der Waals surface area contributed by atoms with Crippen molar-refractivity contribution in [2.75, 3.05) is 0 Å². The molecule has 2 saturated heterocycles. The Bertz CT molecular complexity index is 860. The van der Waals surface area contributed by atoms with E-state index in [1.54, 1.807) is 13.8 Å². The molecule has 0 unspecified atom stereocenters. The van der Waals surface area contributed by atoms with Crippen molar-refractivity contribution < 1.29 is 29.7 Å². The van der Waals surface area contributed by atoms with E-state index in [0.29, 0.717) is 5.56 Å². The maximum atomic E-state index is 12.4. The van der Waals surface area contributed by atoms with Gasteiger partial charge in [-0.05, 0) is 32.4 Å². The van der Waals surface area contributed by atoms with Crippen LogP contribution in [0.4, 0.5) is 0 Å². The normalized spacial score (nSPS) is 26.8. The van der Waals surface area contributed by atoms with E-state index in [4.69, 9.17) is 0 Å². The van der Waals surface area contributed by atoms with Crippen LogP contribution in [0.5, 0.6) is 11.5 Å². The zero-order chi connectivity index (χ0) is 20.1. The molecule has 1 aromatic carbocycles. The number of nitrogens with zero attached hydrogens (tertiary/aromatic N) is 2. The van der Waals surface area contributed by atoms with Gasteiger partial charge in [0.15, 0.2) is 0 Å². The number of aliphatic carboxylic acids is 1. The average Bonchev–Trinajstić information content (AvgIpc) is 2.81. The molecule has 2 fully saturated rings. The van der Waals surface area contributed by atoms with Gasteiger partial charge in [0.25, 0.3) is 5.91 Å². The number of hydrazone groups is 1. The SMILES string of the molecule is Cc1cc(O)c(C)c(C(=O)N/N=C/[C@]2(C)S[C@@H]3CC(=O)N3[C@H]2C(=O)O)c1O. The second-order valence-electron chi connectivity index (χ2n) is 6.76. The minimum absolute atomic E-state index is 0.109. The molecule has 0 radical (unpaired) electrons. The summed E-state index contributed by atoms with van der Waals surface area (Å²) in [4.78, 5) is 37.0. The van der Waals surface area contributed by atoms with E-state index < -0.39 is 22.7 Å². The lowest BCUT2D eigenvalue weighted by molar-refractivity contribution is -0.156. The number of nitrogens with one attached hydrogen (secondary N) is 1. The fourth-order valence-corrected chi connectivity index (χ4v) is 4.97. The van der Waals surface area contributed by atoms with Gasteiger partial charge in [0, 0.05) is 11.8 Å². The predicted molar refractivity (Wildman–Crippen MR) is 97.9 cm³/mol. The third kappa shape index (κ3) is 2.99. The van der Waals surface area contributed by atoms with E-state index >= 15 is 0 Å². The van der Waals surface area contributed by atoms with Gasteiger partial charge in [-0.1, -0.05) is 0 Å². The highest BCUT2D eigenvalue weighted by molar-refractivity contribution is 8.02. The molecule has 2 aliphatic heterocycles. The third-order valence-corrected chi connectivity index (χ3v) is 6.33. The number of carbonyl (C=O) groups is 3. The second-order valence-corrected chi connectivity index (χ2v) is 8.42. The Morgan fingerprint density at radius 2 is 2.07 bits per heavy atom. The van der Waals surface area contributed by atoms with Gasteiger partial charge in [-0.3, -0.25) is 9.59 Å². The van der Waals surface area contributed by atoms with Crippen molar-refractivity contribution >= 4 is 35.8 Å². The lowest BCUT2D eigenvalue weighted by Gasteiger charge is -2.36. The molecule has 0 saturated carbocycles. The first-order chi connectivity index (χ1) is 12.6. The van der Waals surface area contributed by atoms with Crippen molar-refractivity contribution in [2.45, 2.75) is 43.4 Å². The van der Waals surface area contributed by atoms with Crippen LogP contribution in [0.2, 0.25) is 0 Å². The Balaban J connectivity index is 1.81. The van der Waals surface area contributed by atoms with Gasteiger partial charge < -0.3 is 20.2 Å². The molecule has 1 aromatic rings. The molecule has 144 valence electrons. The fraction of sp³-hybridized carbons (Fsp3) is 0.412. The fourth-order valence-electron chi connectivity index (χ4n) is 3.35. The lowest BCUT2D eigenvalue weighted by atomic mass is 9.97. The zero-order valence-corrected chi connectivity index (χ0v) is 15.7. The minimum Gasteiger partial charge on any atom is -0.508 e. The molecule has 2 heterocycles. The molecule has 0 spiro atoms. The zero-order valence-electron chi connectivity index (χ0n) is 14.9. The van der Waals surface area contributed by atoms with E-state index in [1.807, 2.05) is 0 Å². The van der Waals surface area contributed by atoms with Gasteiger partial charge in [-0.25, -0.2) is 10.2 Å². The Kier molecular flexibility index (Phi) is 4.54. The van der Waals surface area contributed by atoms with Crippen LogP contribution in [0.25, 0.3) is 0 Å². The van der Waals surface area contributed by atoms with E-state index in [-0.39, 0.29) is 40.3 Å². The van der Waals surface area contributed by atoms with Crippen molar-refractivity contribution in [3.8, 4) is 11.5 Å². The number of aromatic hydroxyl groups is 2. The number of carboxylic acid groups (broad SMARTS) is 1. The van der Waals surface area contributed by atoms with Crippen LogP contribution in [-0.4, -0.2) is 60.4 Å². The number of phenols is 2. The molecule has 3 rings (SSSR count). The minimum atomic E-state index is -1.14. The van der Waals surface area contributed by atoms with Crippen LogP contribution in [-0.2, 0) is 9.59 Å². The highest BCUT2D eigenvalue weighted by Gasteiger charge is 2.60. The number of hydrogen-bond donors (Lipinski definition) is 4. The molecule has 2 aliphatic rings. The van der Waals surface area contributed by atoms with Crippen LogP contribution in [0.1, 0.15) is 34.8 Å². The number of thioether (sulfide) groups is 1. The van der Waals surface area contributed by atoms with Gasteiger partial charge in [0.2, 0.25) is 5.91 Å². The Hall–Kier alpha value is -2.75. The monoisotopic (exact) mass is 393 g/mol. The number of carbonyl (C=O) groups excluding carboxylic acids is 2. The molecule has 0 bridgehead atoms. The van der Waals surface area contributed by atoms with Crippen LogP contribution in [0.15, 0.2) is 11.2 Å². The summed E-state index contributed by atoms with van der Waals surface area (Å²) >= 11 is 1.30. The van der Waals surface area contributed by atoms with Crippen molar-refractivity contribution in [3.05, 3.63) is 22.8 Å². The number of aryl methyl sites for hydroxylation is 1.